The molecule has 1 amide bonds. The number of rotatable bonds is 3. The van der Waals surface area contributed by atoms with Gasteiger partial charge in [0.05, 0.1) is 5.02 Å². The van der Waals surface area contributed by atoms with Gasteiger partial charge in [0.15, 0.2) is 0 Å². The number of piperazine rings is 1. The molecule has 4 rings (SSSR count). The largest absolute Gasteiger partial charge is 0.335 e. The highest BCUT2D eigenvalue weighted by molar-refractivity contribution is 7.13. The number of piperidine rings is 1. The first-order valence-electron chi connectivity index (χ1n) is 9.54. The van der Waals surface area contributed by atoms with Crippen molar-refractivity contribution >= 4 is 28.8 Å². The van der Waals surface area contributed by atoms with E-state index >= 15 is 0 Å². The quantitative estimate of drug-likeness (QED) is 0.786. The second-order valence-corrected chi connectivity index (χ2v) is 8.67. The molecular formula is C20H25ClN4OS. The van der Waals surface area contributed by atoms with Gasteiger partial charge in [-0.3, -0.25) is 9.69 Å². The van der Waals surface area contributed by atoms with Gasteiger partial charge in [0.1, 0.15) is 10.7 Å². The van der Waals surface area contributed by atoms with E-state index in [1.807, 2.05) is 34.5 Å². The predicted octanol–water partition coefficient (Wildman–Crippen LogP) is 3.32. The Morgan fingerprint density at radius 1 is 1.19 bits per heavy atom. The molecule has 2 aliphatic rings. The molecule has 0 spiro atoms. The van der Waals surface area contributed by atoms with Gasteiger partial charge in [-0.1, -0.05) is 29.8 Å². The molecule has 7 heteroatoms. The lowest BCUT2D eigenvalue weighted by Crippen LogP contribution is -2.55. The highest BCUT2D eigenvalue weighted by atomic mass is 35.5. The molecule has 0 radical (unpaired) electrons. The molecular weight excluding hydrogens is 380 g/mol. The Hall–Kier alpha value is -1.47. The minimum absolute atomic E-state index is 0.0324. The maximum Gasteiger partial charge on any atom is 0.273 e. The Morgan fingerprint density at radius 2 is 1.96 bits per heavy atom. The van der Waals surface area contributed by atoms with Crippen LogP contribution in [0.25, 0.3) is 10.6 Å². The van der Waals surface area contributed by atoms with Gasteiger partial charge < -0.3 is 9.80 Å². The molecule has 0 aliphatic carbocycles. The fourth-order valence-corrected chi connectivity index (χ4v) is 5.13. The number of carbonyl (C=O) groups is 1. The Morgan fingerprint density at radius 3 is 2.70 bits per heavy atom. The van der Waals surface area contributed by atoms with E-state index in [4.69, 9.17) is 11.6 Å². The van der Waals surface area contributed by atoms with Crippen LogP contribution in [0.3, 0.4) is 0 Å². The first kappa shape index (κ1) is 18.9. The van der Waals surface area contributed by atoms with Gasteiger partial charge in [0.2, 0.25) is 0 Å². The van der Waals surface area contributed by atoms with Gasteiger partial charge in [-0.2, -0.15) is 0 Å². The van der Waals surface area contributed by atoms with Crippen molar-refractivity contribution < 1.29 is 4.79 Å². The zero-order valence-corrected chi connectivity index (χ0v) is 17.2. The number of amides is 1. The summed E-state index contributed by atoms with van der Waals surface area (Å²) in [6.45, 7) is 5.79. The normalized spacial score (nSPS) is 22.1. The summed E-state index contributed by atoms with van der Waals surface area (Å²) in [4.78, 5) is 24.3. The van der Waals surface area contributed by atoms with Crippen LogP contribution in [0.4, 0.5) is 0 Å². The van der Waals surface area contributed by atoms with E-state index in [9.17, 15) is 4.79 Å². The van der Waals surface area contributed by atoms with E-state index in [-0.39, 0.29) is 5.91 Å². The van der Waals surface area contributed by atoms with Crippen molar-refractivity contribution in [3.63, 3.8) is 0 Å². The molecule has 0 N–H and O–H groups in total. The van der Waals surface area contributed by atoms with Crippen molar-refractivity contribution in [1.29, 1.82) is 0 Å². The summed E-state index contributed by atoms with van der Waals surface area (Å²) in [6, 6.07) is 8.25. The summed E-state index contributed by atoms with van der Waals surface area (Å²) < 4.78 is 0. The average molecular weight is 405 g/mol. The minimum Gasteiger partial charge on any atom is -0.335 e. The fraction of sp³-hybridized carbons (Fsp3) is 0.500. The second-order valence-electron chi connectivity index (χ2n) is 7.40. The number of likely N-dealkylation sites (N-methyl/N-ethyl adjacent to an activating group) is 1. The molecule has 2 aliphatic heterocycles. The Labute approximate surface area is 169 Å². The van der Waals surface area contributed by atoms with E-state index in [1.165, 1.54) is 30.7 Å². The van der Waals surface area contributed by atoms with Crippen LogP contribution in [-0.4, -0.2) is 77.9 Å². The number of thiazole rings is 1. The van der Waals surface area contributed by atoms with E-state index in [2.05, 4.69) is 21.8 Å². The first-order valence-corrected chi connectivity index (χ1v) is 10.8. The van der Waals surface area contributed by atoms with Gasteiger partial charge in [0.25, 0.3) is 5.91 Å². The van der Waals surface area contributed by atoms with Crippen molar-refractivity contribution in [2.24, 2.45) is 0 Å². The molecule has 1 unspecified atom stereocenters. The highest BCUT2D eigenvalue weighted by Crippen LogP contribution is 2.30. The van der Waals surface area contributed by atoms with Crippen LogP contribution in [-0.2, 0) is 0 Å². The molecule has 1 aromatic heterocycles. The van der Waals surface area contributed by atoms with Crippen LogP contribution in [0.5, 0.6) is 0 Å². The number of hydrogen-bond donors (Lipinski definition) is 0. The molecule has 144 valence electrons. The van der Waals surface area contributed by atoms with Gasteiger partial charge in [-0.15, -0.1) is 11.3 Å². The SMILES string of the molecule is CN1CCCC(N2CCN(C(=O)c3csc(-c4ccccc4Cl)n3)CC2)C1. The number of nitrogens with zero attached hydrogens (tertiary/aromatic N) is 4. The Balaban J connectivity index is 1.38. The fourth-order valence-electron chi connectivity index (χ4n) is 4.02. The van der Waals surface area contributed by atoms with Gasteiger partial charge >= 0.3 is 0 Å². The molecule has 2 fully saturated rings. The van der Waals surface area contributed by atoms with Crippen molar-refractivity contribution in [2.75, 3.05) is 46.3 Å². The molecule has 0 bridgehead atoms. The summed E-state index contributed by atoms with van der Waals surface area (Å²) in [6.07, 6.45) is 2.54. The van der Waals surface area contributed by atoms with E-state index in [0.717, 1.165) is 43.3 Å². The number of halogens is 1. The smallest absolute Gasteiger partial charge is 0.273 e. The van der Waals surface area contributed by atoms with E-state index in [0.29, 0.717) is 16.8 Å². The number of carbonyl (C=O) groups excluding carboxylic acids is 1. The van der Waals surface area contributed by atoms with Crippen LogP contribution in [0.2, 0.25) is 5.02 Å². The molecule has 1 atom stereocenters. The van der Waals surface area contributed by atoms with Gasteiger partial charge in [-0.25, -0.2) is 4.98 Å². The van der Waals surface area contributed by atoms with E-state index in [1.54, 1.807) is 0 Å². The van der Waals surface area contributed by atoms with Crippen LogP contribution in [0.1, 0.15) is 23.3 Å². The lowest BCUT2D eigenvalue weighted by molar-refractivity contribution is 0.0449. The highest BCUT2D eigenvalue weighted by Gasteiger charge is 2.29. The topological polar surface area (TPSA) is 39.7 Å². The third-order valence-electron chi connectivity index (χ3n) is 5.55. The first-order chi connectivity index (χ1) is 13.1. The Bertz CT molecular complexity index is 803. The predicted molar refractivity (Wildman–Crippen MR) is 111 cm³/mol. The van der Waals surface area contributed by atoms with Crippen LogP contribution in [0.15, 0.2) is 29.6 Å². The lowest BCUT2D eigenvalue weighted by atomic mass is 10.0. The van der Waals surface area contributed by atoms with Gasteiger partial charge in [-0.05, 0) is 32.5 Å². The van der Waals surface area contributed by atoms with E-state index < -0.39 is 0 Å². The molecule has 3 heterocycles. The molecule has 2 aromatic rings. The number of aromatic nitrogens is 1. The average Bonchev–Trinajstić information content (AvgIpc) is 3.18. The Kier molecular flexibility index (Phi) is 5.78. The molecule has 0 saturated carbocycles. The molecule has 27 heavy (non-hydrogen) atoms. The van der Waals surface area contributed by atoms with Crippen molar-refractivity contribution in [1.82, 2.24) is 19.7 Å². The molecule has 1 aromatic carbocycles. The maximum absolute atomic E-state index is 12.9. The summed E-state index contributed by atoms with van der Waals surface area (Å²) in [5, 5.41) is 3.31. The number of likely N-dealkylation sites (tertiary alicyclic amines) is 1. The minimum atomic E-state index is 0.0324. The van der Waals surface area contributed by atoms with Crippen molar-refractivity contribution in [3.8, 4) is 10.6 Å². The van der Waals surface area contributed by atoms with Crippen molar-refractivity contribution in [3.05, 3.63) is 40.4 Å². The van der Waals surface area contributed by atoms with Crippen LogP contribution in [0, 0.1) is 0 Å². The summed E-state index contributed by atoms with van der Waals surface area (Å²) in [5.74, 6) is 0.0324. The summed E-state index contributed by atoms with van der Waals surface area (Å²) in [5.41, 5.74) is 1.41. The summed E-state index contributed by atoms with van der Waals surface area (Å²) in [7, 11) is 2.20. The molecule has 5 nitrogen and oxygen atoms in total. The van der Waals surface area contributed by atoms with Gasteiger partial charge in [0, 0.05) is 49.7 Å². The third kappa shape index (κ3) is 4.19. The standard InChI is InChI=1S/C20H25ClN4OS/c1-23-8-4-5-15(13-23)24-9-11-25(12-10-24)20(26)18-14-27-19(22-18)16-6-2-3-7-17(16)21/h2-3,6-7,14-15H,4-5,8-13H2,1H3. The number of benzene rings is 1. The lowest BCUT2D eigenvalue weighted by Gasteiger charge is -2.42. The van der Waals surface area contributed by atoms with Crippen molar-refractivity contribution in [2.45, 2.75) is 18.9 Å². The number of hydrogen-bond acceptors (Lipinski definition) is 5. The van der Waals surface area contributed by atoms with Crippen LogP contribution >= 0.6 is 22.9 Å². The zero-order chi connectivity index (χ0) is 18.8. The van der Waals surface area contributed by atoms with Crippen LogP contribution < -0.4 is 0 Å². The third-order valence-corrected chi connectivity index (χ3v) is 6.75. The monoisotopic (exact) mass is 404 g/mol. The zero-order valence-electron chi connectivity index (χ0n) is 15.6. The summed E-state index contributed by atoms with van der Waals surface area (Å²) >= 11 is 7.73. The molecule has 2 saturated heterocycles. The maximum atomic E-state index is 12.9. The second kappa shape index (κ2) is 8.27.